The van der Waals surface area contributed by atoms with Gasteiger partial charge in [0.2, 0.25) is 5.95 Å². The predicted molar refractivity (Wildman–Crippen MR) is 130 cm³/mol. The summed E-state index contributed by atoms with van der Waals surface area (Å²) in [6.45, 7) is 2.84. The third-order valence-corrected chi connectivity index (χ3v) is 6.55. The molecule has 1 atom stereocenters. The van der Waals surface area contributed by atoms with Gasteiger partial charge < -0.3 is 15.2 Å². The lowest BCUT2D eigenvalue weighted by Gasteiger charge is -2.24. The smallest absolute Gasteiger partial charge is 0.225 e. The molecule has 1 aliphatic heterocycles. The Morgan fingerprint density at radius 3 is 2.74 bits per heavy atom. The standard InChI is InChI=1S/C24H22Cl2F2N6/c25-16-4-1-5-19(28)21(16)23-32-20-12-31-24(30-11-14-6-7-18(27)17(26)9-14)33-22(20)34(23)13-15-3-2-8-29-10-15/h1,4-7,9,12,15,29H,2-3,8,10-11,13H2,(H,30,31,33)/t15-/m1/s1. The van der Waals surface area contributed by atoms with Crippen LogP contribution in [0, 0.1) is 17.6 Å². The number of rotatable bonds is 6. The lowest BCUT2D eigenvalue weighted by molar-refractivity contribution is 0.341. The molecule has 2 aromatic carbocycles. The van der Waals surface area contributed by atoms with Gasteiger partial charge in [-0.3, -0.25) is 0 Å². The molecule has 0 radical (unpaired) electrons. The van der Waals surface area contributed by atoms with Crippen molar-refractivity contribution in [3.63, 3.8) is 0 Å². The lowest BCUT2D eigenvalue weighted by Crippen LogP contribution is -2.32. The second-order valence-electron chi connectivity index (χ2n) is 8.36. The number of hydrogen-bond donors (Lipinski definition) is 2. The molecule has 4 aromatic rings. The molecule has 6 nitrogen and oxygen atoms in total. The highest BCUT2D eigenvalue weighted by Crippen LogP contribution is 2.33. The zero-order valence-corrected chi connectivity index (χ0v) is 19.7. The van der Waals surface area contributed by atoms with Crippen LogP contribution in [0.15, 0.2) is 42.6 Å². The van der Waals surface area contributed by atoms with E-state index in [-0.39, 0.29) is 15.6 Å². The predicted octanol–water partition coefficient (Wildman–Crippen LogP) is 5.69. The van der Waals surface area contributed by atoms with Gasteiger partial charge in [-0.1, -0.05) is 35.3 Å². The Labute approximate surface area is 205 Å². The fourth-order valence-electron chi connectivity index (χ4n) is 4.25. The van der Waals surface area contributed by atoms with Crippen LogP contribution in [0.5, 0.6) is 0 Å². The number of hydrogen-bond acceptors (Lipinski definition) is 5. The van der Waals surface area contributed by atoms with Gasteiger partial charge in [0, 0.05) is 13.1 Å². The van der Waals surface area contributed by atoms with Crippen molar-refractivity contribution in [1.29, 1.82) is 0 Å². The Kier molecular flexibility index (Phi) is 6.63. The van der Waals surface area contributed by atoms with Crippen LogP contribution in [0.4, 0.5) is 14.7 Å². The molecule has 0 unspecified atom stereocenters. The molecule has 3 heterocycles. The Hall–Kier alpha value is -2.81. The molecule has 1 aliphatic rings. The van der Waals surface area contributed by atoms with Crippen LogP contribution in [0.2, 0.25) is 10.0 Å². The molecule has 176 valence electrons. The number of piperidine rings is 1. The van der Waals surface area contributed by atoms with Gasteiger partial charge in [-0.2, -0.15) is 4.98 Å². The Bertz CT molecular complexity index is 1320. The molecule has 0 saturated carbocycles. The first kappa shape index (κ1) is 23.0. The minimum atomic E-state index is -0.469. The van der Waals surface area contributed by atoms with Crippen molar-refractivity contribution < 1.29 is 8.78 Å². The van der Waals surface area contributed by atoms with Crippen LogP contribution in [-0.2, 0) is 13.1 Å². The molecule has 0 bridgehead atoms. The van der Waals surface area contributed by atoms with Crippen molar-refractivity contribution >= 4 is 40.3 Å². The largest absolute Gasteiger partial charge is 0.350 e. The number of imidazole rings is 1. The van der Waals surface area contributed by atoms with E-state index < -0.39 is 11.6 Å². The van der Waals surface area contributed by atoms with Crippen LogP contribution >= 0.6 is 23.2 Å². The van der Waals surface area contributed by atoms with Gasteiger partial charge in [0.25, 0.3) is 0 Å². The van der Waals surface area contributed by atoms with Gasteiger partial charge in [-0.05, 0) is 61.7 Å². The summed E-state index contributed by atoms with van der Waals surface area (Å²) in [6, 6.07) is 9.12. The normalized spacial score (nSPS) is 16.2. The summed E-state index contributed by atoms with van der Waals surface area (Å²) in [5.74, 6) is 0.250. The first-order valence-electron chi connectivity index (χ1n) is 11.1. The minimum absolute atomic E-state index is 0.0567. The van der Waals surface area contributed by atoms with Crippen molar-refractivity contribution in [2.24, 2.45) is 5.92 Å². The first-order chi connectivity index (χ1) is 16.5. The summed E-state index contributed by atoms with van der Waals surface area (Å²) >= 11 is 12.3. The summed E-state index contributed by atoms with van der Waals surface area (Å²) in [7, 11) is 0. The van der Waals surface area contributed by atoms with E-state index in [1.165, 1.54) is 12.1 Å². The van der Waals surface area contributed by atoms with E-state index in [1.54, 1.807) is 30.5 Å². The number of aromatic nitrogens is 4. The van der Waals surface area contributed by atoms with E-state index in [2.05, 4.69) is 25.6 Å². The third kappa shape index (κ3) is 4.71. The number of anilines is 1. The second-order valence-corrected chi connectivity index (χ2v) is 9.17. The molecule has 34 heavy (non-hydrogen) atoms. The molecule has 0 amide bonds. The summed E-state index contributed by atoms with van der Waals surface area (Å²) in [5, 5.41) is 6.91. The molecule has 5 rings (SSSR count). The molecule has 2 N–H and O–H groups in total. The number of nitrogens with one attached hydrogen (secondary N) is 2. The van der Waals surface area contributed by atoms with Crippen molar-refractivity contribution in [3.8, 4) is 11.4 Å². The molecule has 1 fully saturated rings. The summed E-state index contributed by atoms with van der Waals surface area (Å²) in [4.78, 5) is 13.7. The van der Waals surface area contributed by atoms with Crippen LogP contribution in [0.3, 0.4) is 0 Å². The maximum atomic E-state index is 14.8. The van der Waals surface area contributed by atoms with Crippen molar-refractivity contribution in [3.05, 3.63) is 69.8 Å². The highest BCUT2D eigenvalue weighted by atomic mass is 35.5. The highest BCUT2D eigenvalue weighted by molar-refractivity contribution is 6.33. The summed E-state index contributed by atoms with van der Waals surface area (Å²) in [6.07, 6.45) is 3.74. The second kappa shape index (κ2) is 9.82. The van der Waals surface area contributed by atoms with Crippen molar-refractivity contribution in [1.82, 2.24) is 24.8 Å². The van der Waals surface area contributed by atoms with Crippen LogP contribution < -0.4 is 10.6 Å². The molecule has 0 spiro atoms. The first-order valence-corrected chi connectivity index (χ1v) is 11.8. The average Bonchev–Trinajstić information content (AvgIpc) is 3.17. The topological polar surface area (TPSA) is 67.7 Å². The molecule has 2 aromatic heterocycles. The number of fused-ring (bicyclic) bond motifs is 1. The number of nitrogens with zero attached hydrogens (tertiary/aromatic N) is 4. The molecule has 0 aliphatic carbocycles. The zero-order valence-electron chi connectivity index (χ0n) is 18.2. The van der Waals surface area contributed by atoms with Crippen molar-refractivity contribution in [2.45, 2.75) is 25.9 Å². The fourth-order valence-corrected chi connectivity index (χ4v) is 4.70. The third-order valence-electron chi connectivity index (χ3n) is 5.95. The van der Waals surface area contributed by atoms with Gasteiger partial charge in [-0.25, -0.2) is 18.7 Å². The quantitative estimate of drug-likeness (QED) is 0.354. The molecular formula is C24H22Cl2F2N6. The van der Waals surface area contributed by atoms with Crippen LogP contribution in [0.25, 0.3) is 22.6 Å². The van der Waals surface area contributed by atoms with Crippen LogP contribution in [-0.4, -0.2) is 32.6 Å². The highest BCUT2D eigenvalue weighted by Gasteiger charge is 2.23. The maximum Gasteiger partial charge on any atom is 0.225 e. The van der Waals surface area contributed by atoms with Gasteiger partial charge in [0.05, 0.1) is 21.8 Å². The molecular weight excluding hydrogens is 481 g/mol. The zero-order chi connectivity index (χ0) is 23.7. The van der Waals surface area contributed by atoms with E-state index in [4.69, 9.17) is 23.2 Å². The Morgan fingerprint density at radius 1 is 1.09 bits per heavy atom. The summed E-state index contributed by atoms with van der Waals surface area (Å²) in [5.41, 5.74) is 2.18. The van der Waals surface area contributed by atoms with E-state index in [0.717, 1.165) is 31.5 Å². The number of benzene rings is 2. The van der Waals surface area contributed by atoms with Crippen LogP contribution in [0.1, 0.15) is 18.4 Å². The van der Waals surface area contributed by atoms with Crippen molar-refractivity contribution in [2.75, 3.05) is 18.4 Å². The van der Waals surface area contributed by atoms with E-state index in [0.29, 0.717) is 41.9 Å². The average molecular weight is 503 g/mol. The fraction of sp³-hybridized carbons (Fsp3) is 0.292. The van der Waals surface area contributed by atoms with Gasteiger partial charge in [0.1, 0.15) is 23.0 Å². The van der Waals surface area contributed by atoms with Gasteiger partial charge in [-0.15, -0.1) is 0 Å². The maximum absolute atomic E-state index is 14.8. The van der Waals surface area contributed by atoms with E-state index in [1.807, 2.05) is 4.57 Å². The Morgan fingerprint density at radius 2 is 1.97 bits per heavy atom. The number of halogens is 4. The van der Waals surface area contributed by atoms with E-state index in [9.17, 15) is 8.78 Å². The lowest BCUT2D eigenvalue weighted by atomic mass is 9.99. The van der Waals surface area contributed by atoms with E-state index >= 15 is 0 Å². The molecule has 10 heteroatoms. The monoisotopic (exact) mass is 502 g/mol. The van der Waals surface area contributed by atoms with Gasteiger partial charge in [0.15, 0.2) is 5.65 Å². The van der Waals surface area contributed by atoms with Gasteiger partial charge >= 0.3 is 0 Å². The minimum Gasteiger partial charge on any atom is -0.350 e. The summed E-state index contributed by atoms with van der Waals surface area (Å²) < 4.78 is 30.2. The SMILES string of the molecule is Fc1ccc(CNc2ncc3nc(-c4c(F)cccc4Cl)n(C[C@@H]4CCCNC4)c3n2)cc1Cl. The Balaban J connectivity index is 1.52. The molecule has 1 saturated heterocycles.